The summed E-state index contributed by atoms with van der Waals surface area (Å²) >= 11 is 1.35. The van der Waals surface area contributed by atoms with Crippen molar-refractivity contribution in [3.63, 3.8) is 0 Å². The summed E-state index contributed by atoms with van der Waals surface area (Å²) in [5, 5.41) is 0. The van der Waals surface area contributed by atoms with Gasteiger partial charge < -0.3 is 4.74 Å². The molecule has 0 aliphatic carbocycles. The summed E-state index contributed by atoms with van der Waals surface area (Å²) in [5.74, 6) is -0.289. The predicted octanol–water partition coefficient (Wildman–Crippen LogP) is 2.43. The molecule has 5 nitrogen and oxygen atoms in total. The van der Waals surface area contributed by atoms with Crippen molar-refractivity contribution >= 4 is 33.3 Å². The number of esters is 1. The highest BCUT2D eigenvalue weighted by Gasteiger charge is 2.19. The Morgan fingerprint density at radius 2 is 2.39 bits per heavy atom. The zero-order valence-corrected chi connectivity index (χ0v) is 10.8. The molecule has 0 aromatic carbocycles. The number of carbonyl (C=O) groups is 1. The van der Waals surface area contributed by atoms with Crippen molar-refractivity contribution in [2.45, 2.75) is 13.8 Å². The first-order valence-corrected chi connectivity index (χ1v) is 6.42. The zero-order valence-electron chi connectivity index (χ0n) is 10.0. The van der Waals surface area contributed by atoms with Crippen molar-refractivity contribution in [3.8, 4) is 0 Å². The minimum Gasteiger partial charge on any atom is -0.462 e. The summed E-state index contributed by atoms with van der Waals surface area (Å²) in [7, 11) is 0. The van der Waals surface area contributed by atoms with Gasteiger partial charge in [-0.15, -0.1) is 0 Å². The quantitative estimate of drug-likeness (QED) is 0.665. The lowest BCUT2D eigenvalue weighted by atomic mass is 10.3. The monoisotopic (exact) mass is 261 g/mol. The number of carbonyl (C=O) groups excluding carboxylic acids is 1. The number of thiazole rings is 1. The fourth-order valence-electron chi connectivity index (χ4n) is 1.95. The minimum atomic E-state index is -0.289. The molecule has 0 atom stereocenters. The van der Waals surface area contributed by atoms with Crippen LogP contribution in [0, 0.1) is 6.92 Å². The zero-order chi connectivity index (χ0) is 12.7. The van der Waals surface area contributed by atoms with Crippen LogP contribution in [0.4, 0.5) is 0 Å². The normalized spacial score (nSPS) is 11.2. The number of ether oxygens (including phenoxy) is 1. The number of hydrogen-bond acceptors (Lipinski definition) is 5. The Bertz CT molecular complexity index is 744. The van der Waals surface area contributed by atoms with Gasteiger partial charge in [-0.1, -0.05) is 11.3 Å². The third-order valence-corrected chi connectivity index (χ3v) is 3.87. The van der Waals surface area contributed by atoms with E-state index >= 15 is 0 Å². The van der Waals surface area contributed by atoms with Crippen LogP contribution in [-0.2, 0) is 4.74 Å². The first kappa shape index (κ1) is 11.2. The van der Waals surface area contributed by atoms with Gasteiger partial charge in [-0.25, -0.2) is 9.78 Å². The number of aryl methyl sites for hydroxylation is 1. The van der Waals surface area contributed by atoms with Gasteiger partial charge in [0.05, 0.1) is 23.8 Å². The lowest BCUT2D eigenvalue weighted by Crippen LogP contribution is -2.04. The van der Waals surface area contributed by atoms with E-state index in [4.69, 9.17) is 4.74 Å². The molecule has 3 aromatic heterocycles. The summed E-state index contributed by atoms with van der Waals surface area (Å²) in [6.45, 7) is 4.07. The van der Waals surface area contributed by atoms with E-state index in [0.717, 1.165) is 21.7 Å². The van der Waals surface area contributed by atoms with E-state index in [2.05, 4.69) is 9.97 Å². The third-order valence-electron chi connectivity index (χ3n) is 2.74. The molecule has 3 aromatic rings. The van der Waals surface area contributed by atoms with Crippen LogP contribution in [0.15, 0.2) is 18.5 Å². The fraction of sp³-hybridized carbons (Fsp3) is 0.250. The molecular formula is C12H11N3O2S. The van der Waals surface area contributed by atoms with Gasteiger partial charge in [-0.05, 0) is 19.9 Å². The van der Waals surface area contributed by atoms with Crippen LogP contribution in [-0.4, -0.2) is 26.9 Å². The Morgan fingerprint density at radius 1 is 1.56 bits per heavy atom. The molecule has 0 N–H and O–H groups in total. The summed E-state index contributed by atoms with van der Waals surface area (Å²) in [4.78, 5) is 21.8. The lowest BCUT2D eigenvalue weighted by Gasteiger charge is -1.99. The largest absolute Gasteiger partial charge is 0.462 e. The number of fused-ring (bicyclic) bond motifs is 3. The average Bonchev–Trinajstić information content (AvgIpc) is 2.87. The van der Waals surface area contributed by atoms with Crippen molar-refractivity contribution in [1.82, 2.24) is 14.4 Å². The SMILES string of the molecule is CCOC(=O)c1sc2nc3ccncc3n2c1C. The van der Waals surface area contributed by atoms with Gasteiger partial charge in [-0.3, -0.25) is 9.38 Å². The standard InChI is InChI=1S/C12H11N3O2S/c1-3-17-11(16)10-7(2)15-9-6-13-5-4-8(9)14-12(15)18-10/h4-6H,3H2,1-2H3. The molecule has 0 aliphatic heterocycles. The second-order valence-electron chi connectivity index (χ2n) is 3.83. The molecule has 0 bridgehead atoms. The van der Waals surface area contributed by atoms with Crippen molar-refractivity contribution in [3.05, 3.63) is 29.0 Å². The van der Waals surface area contributed by atoms with Gasteiger partial charge in [0.15, 0.2) is 4.96 Å². The van der Waals surface area contributed by atoms with E-state index in [1.54, 1.807) is 19.3 Å². The second kappa shape index (κ2) is 4.06. The number of aromatic nitrogens is 3. The maximum Gasteiger partial charge on any atom is 0.350 e. The molecule has 0 aliphatic rings. The Balaban J connectivity index is 2.26. The van der Waals surface area contributed by atoms with Crippen LogP contribution in [0.25, 0.3) is 16.0 Å². The molecule has 92 valence electrons. The van der Waals surface area contributed by atoms with Gasteiger partial charge in [0, 0.05) is 11.9 Å². The van der Waals surface area contributed by atoms with Gasteiger partial charge in [-0.2, -0.15) is 0 Å². The first-order valence-electron chi connectivity index (χ1n) is 5.61. The first-order chi connectivity index (χ1) is 8.72. The maximum atomic E-state index is 11.8. The average molecular weight is 261 g/mol. The summed E-state index contributed by atoms with van der Waals surface area (Å²) < 4.78 is 6.98. The summed E-state index contributed by atoms with van der Waals surface area (Å²) in [6.07, 6.45) is 3.46. The van der Waals surface area contributed by atoms with Crippen molar-refractivity contribution in [2.24, 2.45) is 0 Å². The van der Waals surface area contributed by atoms with E-state index in [0.29, 0.717) is 11.5 Å². The Hall–Kier alpha value is -1.95. The molecule has 0 saturated carbocycles. The van der Waals surface area contributed by atoms with E-state index < -0.39 is 0 Å². The highest BCUT2D eigenvalue weighted by atomic mass is 32.1. The Labute approximate surface area is 107 Å². The minimum absolute atomic E-state index is 0.289. The number of imidazole rings is 1. The fourth-order valence-corrected chi connectivity index (χ4v) is 2.98. The van der Waals surface area contributed by atoms with Crippen LogP contribution in [0.2, 0.25) is 0 Å². The molecule has 0 radical (unpaired) electrons. The summed E-state index contributed by atoms with van der Waals surface area (Å²) in [5.41, 5.74) is 2.65. The topological polar surface area (TPSA) is 56.5 Å². The molecule has 0 unspecified atom stereocenters. The van der Waals surface area contributed by atoms with E-state index in [-0.39, 0.29) is 5.97 Å². The van der Waals surface area contributed by atoms with Crippen LogP contribution >= 0.6 is 11.3 Å². The summed E-state index contributed by atoms with van der Waals surface area (Å²) in [6, 6.07) is 1.86. The molecule has 0 fully saturated rings. The third kappa shape index (κ3) is 1.49. The molecular weight excluding hydrogens is 250 g/mol. The van der Waals surface area contributed by atoms with Crippen molar-refractivity contribution in [1.29, 1.82) is 0 Å². The molecule has 0 spiro atoms. The van der Waals surface area contributed by atoms with Crippen LogP contribution in [0.3, 0.4) is 0 Å². The van der Waals surface area contributed by atoms with Crippen molar-refractivity contribution < 1.29 is 9.53 Å². The van der Waals surface area contributed by atoms with Crippen LogP contribution in [0.1, 0.15) is 22.3 Å². The lowest BCUT2D eigenvalue weighted by molar-refractivity contribution is 0.0531. The number of hydrogen-bond donors (Lipinski definition) is 0. The second-order valence-corrected chi connectivity index (χ2v) is 4.81. The Morgan fingerprint density at radius 3 is 3.17 bits per heavy atom. The smallest absolute Gasteiger partial charge is 0.350 e. The molecule has 18 heavy (non-hydrogen) atoms. The Kier molecular flexibility index (Phi) is 2.52. The highest BCUT2D eigenvalue weighted by molar-refractivity contribution is 7.19. The maximum absolute atomic E-state index is 11.8. The number of nitrogens with zero attached hydrogens (tertiary/aromatic N) is 3. The highest BCUT2D eigenvalue weighted by Crippen LogP contribution is 2.27. The molecule has 3 rings (SSSR count). The van der Waals surface area contributed by atoms with Crippen LogP contribution < -0.4 is 0 Å². The molecule has 0 amide bonds. The van der Waals surface area contributed by atoms with E-state index in [1.807, 2.05) is 17.4 Å². The number of rotatable bonds is 2. The van der Waals surface area contributed by atoms with Gasteiger partial charge in [0.1, 0.15) is 4.88 Å². The van der Waals surface area contributed by atoms with Gasteiger partial charge in [0.25, 0.3) is 0 Å². The number of pyridine rings is 1. The van der Waals surface area contributed by atoms with Crippen molar-refractivity contribution in [2.75, 3.05) is 6.61 Å². The molecule has 6 heteroatoms. The van der Waals surface area contributed by atoms with Gasteiger partial charge in [0.2, 0.25) is 0 Å². The molecule has 3 heterocycles. The van der Waals surface area contributed by atoms with Gasteiger partial charge >= 0.3 is 5.97 Å². The van der Waals surface area contributed by atoms with E-state index in [1.165, 1.54) is 11.3 Å². The molecule has 0 saturated heterocycles. The predicted molar refractivity (Wildman–Crippen MR) is 69.1 cm³/mol. The van der Waals surface area contributed by atoms with E-state index in [9.17, 15) is 4.79 Å². The van der Waals surface area contributed by atoms with Crippen LogP contribution in [0.5, 0.6) is 0 Å².